The maximum absolute atomic E-state index is 12.8. The van der Waals surface area contributed by atoms with E-state index >= 15 is 0 Å². The number of nitrogens with one attached hydrogen (secondary N) is 1. The van der Waals surface area contributed by atoms with E-state index in [2.05, 4.69) is 5.32 Å². The summed E-state index contributed by atoms with van der Waals surface area (Å²) in [6.07, 6.45) is 0.676. The lowest BCUT2D eigenvalue weighted by Crippen LogP contribution is -2.46. The summed E-state index contributed by atoms with van der Waals surface area (Å²) < 4.78 is 38.5. The Morgan fingerprint density at radius 1 is 1.06 bits per heavy atom. The largest absolute Gasteiger partial charge is 0.486 e. The number of carbonyl (C=O) groups is 1. The SMILES string of the molecule is O=C(NC[C@@H]1COc2ccccc2O1)C1CCN(S(=O)(=O)Cc2ccc(Cl)c(Cl)c2)CC1. The van der Waals surface area contributed by atoms with E-state index in [1.165, 1.54) is 4.31 Å². The molecule has 0 aliphatic carbocycles. The van der Waals surface area contributed by atoms with E-state index in [9.17, 15) is 13.2 Å². The van der Waals surface area contributed by atoms with Crippen LogP contribution in [-0.2, 0) is 20.6 Å². The highest BCUT2D eigenvalue weighted by atomic mass is 35.5. The summed E-state index contributed by atoms with van der Waals surface area (Å²) in [6, 6.07) is 12.2. The topological polar surface area (TPSA) is 84.9 Å². The highest BCUT2D eigenvalue weighted by Crippen LogP contribution is 2.31. The fraction of sp³-hybridized carbons (Fsp3) is 0.409. The summed E-state index contributed by atoms with van der Waals surface area (Å²) in [5.74, 6) is 0.890. The standard InChI is InChI=1S/C22H24Cl2N2O5S/c23-18-6-5-15(11-19(18)24)14-32(28,29)26-9-7-16(8-10-26)22(27)25-12-17-13-30-20-3-1-2-4-21(20)31-17/h1-6,11,16-17H,7-10,12-14H2,(H,25,27)/t17-/m1/s1. The van der Waals surface area contributed by atoms with Gasteiger partial charge in [-0.05, 0) is 42.7 Å². The second kappa shape index (κ2) is 9.87. The van der Waals surface area contributed by atoms with Crippen molar-refractivity contribution in [2.24, 2.45) is 5.92 Å². The Labute approximate surface area is 197 Å². The number of hydrogen-bond acceptors (Lipinski definition) is 5. The summed E-state index contributed by atoms with van der Waals surface area (Å²) in [7, 11) is -3.51. The number of hydrogen-bond donors (Lipinski definition) is 1. The van der Waals surface area contributed by atoms with Crippen molar-refractivity contribution in [2.75, 3.05) is 26.2 Å². The average molecular weight is 499 g/mol. The van der Waals surface area contributed by atoms with Crippen molar-refractivity contribution < 1.29 is 22.7 Å². The van der Waals surface area contributed by atoms with Crippen LogP contribution < -0.4 is 14.8 Å². The van der Waals surface area contributed by atoms with Gasteiger partial charge in [0.05, 0.1) is 22.3 Å². The lowest BCUT2D eigenvalue weighted by molar-refractivity contribution is -0.126. The summed E-state index contributed by atoms with van der Waals surface area (Å²) in [5, 5.41) is 3.63. The number of ether oxygens (including phenoxy) is 2. The van der Waals surface area contributed by atoms with E-state index in [1.807, 2.05) is 24.3 Å². The molecule has 1 saturated heterocycles. The number of fused-ring (bicyclic) bond motifs is 1. The van der Waals surface area contributed by atoms with Gasteiger partial charge in [0.25, 0.3) is 0 Å². The zero-order valence-corrected chi connectivity index (χ0v) is 19.6. The molecule has 7 nitrogen and oxygen atoms in total. The Hall–Kier alpha value is -2.00. The molecule has 0 spiro atoms. The molecule has 10 heteroatoms. The maximum atomic E-state index is 12.8. The van der Waals surface area contributed by atoms with Gasteiger partial charge in [0.1, 0.15) is 12.7 Å². The van der Waals surface area contributed by atoms with Crippen LogP contribution in [0, 0.1) is 5.92 Å². The molecule has 0 bridgehead atoms. The van der Waals surface area contributed by atoms with Gasteiger partial charge in [-0.3, -0.25) is 4.79 Å². The molecule has 2 aromatic rings. The van der Waals surface area contributed by atoms with Crippen LogP contribution in [0.5, 0.6) is 11.5 Å². The fourth-order valence-corrected chi connectivity index (χ4v) is 5.72. The molecule has 32 heavy (non-hydrogen) atoms. The average Bonchev–Trinajstić information content (AvgIpc) is 2.79. The van der Waals surface area contributed by atoms with Crippen molar-refractivity contribution >= 4 is 39.1 Å². The molecule has 2 heterocycles. The van der Waals surface area contributed by atoms with Crippen LogP contribution >= 0.6 is 23.2 Å². The Kier molecular flexibility index (Phi) is 7.14. The maximum Gasteiger partial charge on any atom is 0.223 e. The van der Waals surface area contributed by atoms with Crippen molar-refractivity contribution in [3.63, 3.8) is 0 Å². The minimum absolute atomic E-state index is 0.0889. The highest BCUT2D eigenvalue weighted by molar-refractivity contribution is 7.88. The third-order valence-electron chi connectivity index (χ3n) is 5.62. The molecule has 0 saturated carbocycles. The van der Waals surface area contributed by atoms with Crippen molar-refractivity contribution in [2.45, 2.75) is 24.7 Å². The molecule has 4 rings (SSSR count). The number of nitrogens with zero attached hydrogens (tertiary/aromatic N) is 1. The zero-order valence-electron chi connectivity index (χ0n) is 17.3. The van der Waals surface area contributed by atoms with Crippen LogP contribution in [0.3, 0.4) is 0 Å². The number of benzene rings is 2. The van der Waals surface area contributed by atoms with Crippen molar-refractivity contribution in [3.05, 3.63) is 58.1 Å². The molecule has 2 aliphatic heterocycles. The minimum atomic E-state index is -3.51. The number of amides is 1. The molecule has 2 aliphatic rings. The first kappa shape index (κ1) is 23.2. The van der Waals surface area contributed by atoms with E-state index in [1.54, 1.807) is 18.2 Å². The van der Waals surface area contributed by atoms with Gasteiger partial charge < -0.3 is 14.8 Å². The predicted molar refractivity (Wildman–Crippen MR) is 123 cm³/mol. The quantitative estimate of drug-likeness (QED) is 0.658. The van der Waals surface area contributed by atoms with Crippen LogP contribution in [0.1, 0.15) is 18.4 Å². The zero-order chi connectivity index (χ0) is 22.7. The molecule has 0 radical (unpaired) electrons. The van der Waals surface area contributed by atoms with Gasteiger partial charge in [0.2, 0.25) is 15.9 Å². The van der Waals surface area contributed by atoms with E-state index in [-0.39, 0.29) is 23.7 Å². The molecule has 0 unspecified atom stereocenters. The summed E-state index contributed by atoms with van der Waals surface area (Å²) in [4.78, 5) is 12.6. The molecule has 1 N–H and O–H groups in total. The number of sulfonamides is 1. The minimum Gasteiger partial charge on any atom is -0.486 e. The van der Waals surface area contributed by atoms with Gasteiger partial charge in [-0.1, -0.05) is 41.4 Å². The van der Waals surface area contributed by atoms with E-state index in [0.717, 1.165) is 0 Å². The molecule has 2 aromatic carbocycles. The molecule has 172 valence electrons. The second-order valence-electron chi connectivity index (χ2n) is 7.92. The van der Waals surface area contributed by atoms with Gasteiger partial charge in [-0.2, -0.15) is 0 Å². The second-order valence-corrected chi connectivity index (χ2v) is 10.7. The van der Waals surface area contributed by atoms with Crippen molar-refractivity contribution in [1.29, 1.82) is 0 Å². The molecule has 1 fully saturated rings. The summed E-state index contributed by atoms with van der Waals surface area (Å²) in [5.41, 5.74) is 0.579. The predicted octanol–water partition coefficient (Wildman–Crippen LogP) is 3.49. The van der Waals surface area contributed by atoms with Gasteiger partial charge in [0.15, 0.2) is 11.5 Å². The Morgan fingerprint density at radius 3 is 2.50 bits per heavy atom. The fourth-order valence-electron chi connectivity index (χ4n) is 3.85. The van der Waals surface area contributed by atoms with E-state index in [0.29, 0.717) is 66.2 Å². The smallest absolute Gasteiger partial charge is 0.223 e. The van der Waals surface area contributed by atoms with Gasteiger partial charge >= 0.3 is 0 Å². The van der Waals surface area contributed by atoms with E-state index < -0.39 is 10.0 Å². The van der Waals surface area contributed by atoms with Crippen LogP contribution in [0.2, 0.25) is 10.0 Å². The number of halogens is 2. The normalized spacial score (nSPS) is 19.5. The molecule has 0 aromatic heterocycles. The van der Waals surface area contributed by atoms with Crippen LogP contribution in [0.15, 0.2) is 42.5 Å². The van der Waals surface area contributed by atoms with Gasteiger partial charge in [-0.15, -0.1) is 0 Å². The lowest BCUT2D eigenvalue weighted by atomic mass is 9.97. The third-order valence-corrected chi connectivity index (χ3v) is 8.21. The first-order chi connectivity index (χ1) is 15.3. The van der Waals surface area contributed by atoms with Gasteiger partial charge in [-0.25, -0.2) is 12.7 Å². The number of piperidine rings is 1. The molecule has 1 amide bonds. The Bertz CT molecular complexity index is 1090. The monoisotopic (exact) mass is 498 g/mol. The molecular formula is C22H24Cl2N2O5S. The number of para-hydroxylation sites is 2. The lowest BCUT2D eigenvalue weighted by Gasteiger charge is -2.31. The van der Waals surface area contributed by atoms with Crippen LogP contribution in [-0.4, -0.2) is 51.0 Å². The number of rotatable bonds is 6. The Morgan fingerprint density at radius 2 is 1.78 bits per heavy atom. The summed E-state index contributed by atoms with van der Waals surface area (Å²) >= 11 is 11.9. The van der Waals surface area contributed by atoms with Crippen molar-refractivity contribution in [3.8, 4) is 11.5 Å². The first-order valence-electron chi connectivity index (χ1n) is 10.4. The molecule has 1 atom stereocenters. The van der Waals surface area contributed by atoms with Crippen molar-refractivity contribution in [1.82, 2.24) is 9.62 Å². The molecular weight excluding hydrogens is 475 g/mol. The van der Waals surface area contributed by atoms with E-state index in [4.69, 9.17) is 32.7 Å². The first-order valence-corrected chi connectivity index (χ1v) is 12.8. The number of carbonyl (C=O) groups excluding carboxylic acids is 1. The highest BCUT2D eigenvalue weighted by Gasteiger charge is 2.32. The van der Waals surface area contributed by atoms with Crippen LogP contribution in [0.4, 0.5) is 0 Å². The third kappa shape index (κ3) is 5.49. The Balaban J connectivity index is 1.25. The van der Waals surface area contributed by atoms with Gasteiger partial charge in [0, 0.05) is 19.0 Å². The van der Waals surface area contributed by atoms with Crippen LogP contribution in [0.25, 0.3) is 0 Å². The summed E-state index contributed by atoms with van der Waals surface area (Å²) in [6.45, 7) is 1.31.